The molecular formula is C11H17NO4S. The summed E-state index contributed by atoms with van der Waals surface area (Å²) in [6, 6.07) is 7.30. The van der Waals surface area contributed by atoms with Crippen molar-refractivity contribution in [3.63, 3.8) is 0 Å². The Labute approximate surface area is 102 Å². The van der Waals surface area contributed by atoms with Crippen molar-refractivity contribution in [3.05, 3.63) is 29.8 Å². The highest BCUT2D eigenvalue weighted by molar-refractivity contribution is 7.88. The Morgan fingerprint density at radius 2 is 1.94 bits per heavy atom. The molecule has 1 aromatic rings. The van der Waals surface area contributed by atoms with E-state index in [0.717, 1.165) is 11.8 Å². The van der Waals surface area contributed by atoms with Gasteiger partial charge in [0.2, 0.25) is 10.0 Å². The van der Waals surface area contributed by atoms with Crippen LogP contribution in [0.25, 0.3) is 0 Å². The van der Waals surface area contributed by atoms with Crippen molar-refractivity contribution in [2.75, 3.05) is 26.6 Å². The second-order valence-corrected chi connectivity index (χ2v) is 5.38. The normalized spacial score (nSPS) is 11.4. The van der Waals surface area contributed by atoms with Gasteiger partial charge in [-0.1, -0.05) is 18.2 Å². The lowest BCUT2D eigenvalue weighted by molar-refractivity contribution is 0.145. The lowest BCUT2D eigenvalue weighted by atomic mass is 10.2. The molecule has 0 spiro atoms. The fraction of sp³-hybridized carbons (Fsp3) is 0.455. The summed E-state index contributed by atoms with van der Waals surface area (Å²) in [5.41, 5.74) is 0.800. The molecule has 0 bridgehead atoms. The molecule has 0 heterocycles. The summed E-state index contributed by atoms with van der Waals surface area (Å²) in [4.78, 5) is 0. The van der Waals surface area contributed by atoms with Gasteiger partial charge in [-0.2, -0.15) is 0 Å². The van der Waals surface area contributed by atoms with Gasteiger partial charge in [-0.05, 0) is 6.07 Å². The van der Waals surface area contributed by atoms with E-state index in [2.05, 4.69) is 4.72 Å². The highest BCUT2D eigenvalue weighted by Crippen LogP contribution is 2.17. The molecule has 1 aromatic carbocycles. The maximum absolute atomic E-state index is 11.0. The number of hydrogen-bond acceptors (Lipinski definition) is 4. The molecule has 0 radical (unpaired) electrons. The Kier molecular flexibility index (Phi) is 5.40. The number of sulfonamides is 1. The van der Waals surface area contributed by atoms with Gasteiger partial charge in [0, 0.05) is 19.2 Å². The van der Waals surface area contributed by atoms with Crippen LogP contribution in [-0.2, 0) is 21.3 Å². The van der Waals surface area contributed by atoms with Gasteiger partial charge in [0.1, 0.15) is 12.4 Å². The number of para-hydroxylation sites is 1. The molecular weight excluding hydrogens is 242 g/mol. The average molecular weight is 259 g/mol. The van der Waals surface area contributed by atoms with Crippen molar-refractivity contribution in [1.82, 2.24) is 4.72 Å². The van der Waals surface area contributed by atoms with Gasteiger partial charge in [-0.25, -0.2) is 13.1 Å². The van der Waals surface area contributed by atoms with Crippen LogP contribution in [0.3, 0.4) is 0 Å². The lowest BCUT2D eigenvalue weighted by Crippen LogP contribution is -2.21. The number of methoxy groups -OCH3 is 1. The van der Waals surface area contributed by atoms with Crippen LogP contribution in [0.5, 0.6) is 5.75 Å². The summed E-state index contributed by atoms with van der Waals surface area (Å²) in [6.45, 7) is 1.15. The first-order chi connectivity index (χ1) is 8.03. The fourth-order valence-electron chi connectivity index (χ4n) is 1.23. The summed E-state index contributed by atoms with van der Waals surface area (Å²) in [6.07, 6.45) is 1.13. The van der Waals surface area contributed by atoms with Gasteiger partial charge < -0.3 is 9.47 Å². The maximum atomic E-state index is 11.0. The third-order valence-corrected chi connectivity index (χ3v) is 2.71. The maximum Gasteiger partial charge on any atom is 0.209 e. The van der Waals surface area contributed by atoms with Crippen molar-refractivity contribution in [2.45, 2.75) is 6.54 Å². The van der Waals surface area contributed by atoms with Crippen LogP contribution in [0.2, 0.25) is 0 Å². The molecule has 1 N–H and O–H groups in total. The standard InChI is InChI=1S/C11H17NO4S/c1-15-7-8-16-11-6-4-3-5-10(11)9-12-17(2,13)14/h3-6,12H,7-9H2,1-2H3. The van der Waals surface area contributed by atoms with E-state index < -0.39 is 10.0 Å². The zero-order valence-corrected chi connectivity index (χ0v) is 10.8. The van der Waals surface area contributed by atoms with Crippen LogP contribution in [0, 0.1) is 0 Å². The summed E-state index contributed by atoms with van der Waals surface area (Å²) >= 11 is 0. The largest absolute Gasteiger partial charge is 0.491 e. The minimum Gasteiger partial charge on any atom is -0.491 e. The van der Waals surface area contributed by atoms with Crippen molar-refractivity contribution in [2.24, 2.45) is 0 Å². The zero-order chi connectivity index (χ0) is 12.7. The van der Waals surface area contributed by atoms with Crippen LogP contribution in [0.1, 0.15) is 5.56 Å². The molecule has 0 amide bonds. The van der Waals surface area contributed by atoms with Gasteiger partial charge in [0.15, 0.2) is 0 Å². The average Bonchev–Trinajstić information content (AvgIpc) is 2.27. The number of rotatable bonds is 7. The van der Waals surface area contributed by atoms with E-state index in [9.17, 15) is 8.42 Å². The molecule has 0 aliphatic rings. The Bertz CT molecular complexity index is 445. The predicted molar refractivity (Wildman–Crippen MR) is 65.5 cm³/mol. The van der Waals surface area contributed by atoms with E-state index in [0.29, 0.717) is 19.0 Å². The molecule has 0 aromatic heterocycles. The smallest absolute Gasteiger partial charge is 0.209 e. The van der Waals surface area contributed by atoms with Gasteiger partial charge >= 0.3 is 0 Å². The topological polar surface area (TPSA) is 64.6 Å². The molecule has 0 fully saturated rings. The highest BCUT2D eigenvalue weighted by atomic mass is 32.2. The molecule has 0 saturated carbocycles. The van der Waals surface area contributed by atoms with Crippen LogP contribution in [-0.4, -0.2) is 35.0 Å². The highest BCUT2D eigenvalue weighted by Gasteiger charge is 2.06. The Morgan fingerprint density at radius 3 is 2.59 bits per heavy atom. The first-order valence-corrected chi connectivity index (χ1v) is 7.06. The van der Waals surface area contributed by atoms with Gasteiger partial charge in [-0.15, -0.1) is 0 Å². The van der Waals surface area contributed by atoms with Crippen LogP contribution in [0.15, 0.2) is 24.3 Å². The van der Waals surface area contributed by atoms with E-state index in [1.807, 2.05) is 18.2 Å². The quantitative estimate of drug-likeness (QED) is 0.734. The zero-order valence-electron chi connectivity index (χ0n) is 9.97. The first-order valence-electron chi connectivity index (χ1n) is 5.17. The van der Waals surface area contributed by atoms with E-state index in [1.165, 1.54) is 0 Å². The molecule has 1 rings (SSSR count). The number of nitrogens with one attached hydrogen (secondary N) is 1. The molecule has 5 nitrogen and oxygen atoms in total. The van der Waals surface area contributed by atoms with Crippen LogP contribution in [0.4, 0.5) is 0 Å². The predicted octanol–water partition coefficient (Wildman–Crippen LogP) is 0.761. The Morgan fingerprint density at radius 1 is 1.24 bits per heavy atom. The number of hydrogen-bond donors (Lipinski definition) is 1. The Balaban J connectivity index is 2.64. The van der Waals surface area contributed by atoms with Crippen LogP contribution < -0.4 is 9.46 Å². The van der Waals surface area contributed by atoms with Gasteiger partial charge in [0.05, 0.1) is 12.9 Å². The lowest BCUT2D eigenvalue weighted by Gasteiger charge is -2.11. The van der Waals surface area contributed by atoms with E-state index in [-0.39, 0.29) is 6.54 Å². The molecule has 0 aliphatic carbocycles. The van der Waals surface area contributed by atoms with Gasteiger partial charge in [0.25, 0.3) is 0 Å². The monoisotopic (exact) mass is 259 g/mol. The molecule has 0 atom stereocenters. The molecule has 17 heavy (non-hydrogen) atoms. The van der Waals surface area contributed by atoms with Gasteiger partial charge in [-0.3, -0.25) is 0 Å². The first kappa shape index (κ1) is 14.0. The SMILES string of the molecule is COCCOc1ccccc1CNS(C)(=O)=O. The van der Waals surface area contributed by atoms with Crippen molar-refractivity contribution in [1.29, 1.82) is 0 Å². The third kappa shape index (κ3) is 5.67. The molecule has 0 unspecified atom stereocenters. The van der Waals surface area contributed by atoms with Crippen molar-refractivity contribution in [3.8, 4) is 5.75 Å². The summed E-state index contributed by atoms with van der Waals surface area (Å²) < 4.78 is 34.8. The fourth-order valence-corrected chi connectivity index (χ4v) is 1.65. The minimum atomic E-state index is -3.19. The van der Waals surface area contributed by atoms with Crippen LogP contribution >= 0.6 is 0 Å². The van der Waals surface area contributed by atoms with Crippen molar-refractivity contribution < 1.29 is 17.9 Å². The summed E-state index contributed by atoms with van der Waals surface area (Å²) in [5.74, 6) is 0.667. The number of ether oxygens (including phenoxy) is 2. The summed E-state index contributed by atoms with van der Waals surface area (Å²) in [7, 11) is -1.60. The number of benzene rings is 1. The van der Waals surface area contributed by atoms with E-state index >= 15 is 0 Å². The molecule has 0 aliphatic heterocycles. The second kappa shape index (κ2) is 6.58. The second-order valence-electron chi connectivity index (χ2n) is 3.54. The third-order valence-electron chi connectivity index (χ3n) is 2.04. The minimum absolute atomic E-state index is 0.224. The van der Waals surface area contributed by atoms with Crippen molar-refractivity contribution >= 4 is 10.0 Å². The Hall–Kier alpha value is -1.11. The molecule has 96 valence electrons. The molecule has 6 heteroatoms. The van der Waals surface area contributed by atoms with E-state index in [4.69, 9.17) is 9.47 Å². The molecule has 0 saturated heterocycles. The van der Waals surface area contributed by atoms with E-state index in [1.54, 1.807) is 13.2 Å². The summed E-state index contributed by atoms with van der Waals surface area (Å²) in [5, 5.41) is 0.